The highest BCUT2D eigenvalue weighted by Crippen LogP contribution is 2.32. The van der Waals surface area contributed by atoms with Crippen molar-refractivity contribution in [1.82, 2.24) is 4.90 Å². The Kier molecular flexibility index (Phi) is 8.12. The molecule has 0 fully saturated rings. The van der Waals surface area contributed by atoms with Crippen molar-refractivity contribution in [2.45, 2.75) is 46.0 Å². The topological polar surface area (TPSA) is 3.24 Å². The number of thiophene rings is 1. The van der Waals surface area contributed by atoms with E-state index in [-0.39, 0.29) is 0 Å². The molecule has 0 bridgehead atoms. The molecule has 1 rings (SSSR count). The summed E-state index contributed by atoms with van der Waals surface area (Å²) in [5.41, 5.74) is 0.414. The Hall–Kier alpha value is 0.01000. The highest BCUT2D eigenvalue weighted by atomic mass is 32.1. The van der Waals surface area contributed by atoms with Crippen LogP contribution in [0.15, 0.2) is 17.5 Å². The van der Waals surface area contributed by atoms with E-state index in [0.29, 0.717) is 5.41 Å². The summed E-state index contributed by atoms with van der Waals surface area (Å²) >= 11 is 6.51. The van der Waals surface area contributed by atoms with Crippen LogP contribution in [-0.4, -0.2) is 30.8 Å². The molecule has 0 aliphatic carbocycles. The molecule has 0 spiro atoms. The summed E-state index contributed by atoms with van der Waals surface area (Å²) in [6.45, 7) is 6.92. The lowest BCUT2D eigenvalue weighted by Gasteiger charge is -2.36. The molecule has 0 radical (unpaired) electrons. The fraction of sp³-hybridized carbons (Fsp3) is 0.750. The summed E-state index contributed by atoms with van der Waals surface area (Å²) in [5, 5.41) is 2.17. The van der Waals surface area contributed by atoms with Gasteiger partial charge in [-0.25, -0.2) is 0 Å². The van der Waals surface area contributed by atoms with Crippen molar-refractivity contribution >= 4 is 24.0 Å². The molecule has 0 N–H and O–H groups in total. The first-order chi connectivity index (χ1) is 9.15. The summed E-state index contributed by atoms with van der Waals surface area (Å²) in [6.07, 6.45) is 6.30. The molecule has 0 aromatic carbocycles. The van der Waals surface area contributed by atoms with Gasteiger partial charge in [-0.2, -0.15) is 12.6 Å². The van der Waals surface area contributed by atoms with Gasteiger partial charge in [-0.1, -0.05) is 32.8 Å². The van der Waals surface area contributed by atoms with Gasteiger partial charge in [0.15, 0.2) is 0 Å². The van der Waals surface area contributed by atoms with Gasteiger partial charge in [0.1, 0.15) is 0 Å². The standard InChI is InChI=1S/C16H29NS2/c1-4-9-16(14-18,10-5-2)13-17(3)11-8-15-7-6-12-19-15/h6-7,12,18H,4-5,8-11,13-14H2,1-3H3. The Morgan fingerprint density at radius 3 is 2.42 bits per heavy atom. The minimum absolute atomic E-state index is 0.414. The first-order valence-electron chi connectivity index (χ1n) is 7.47. The molecule has 0 saturated carbocycles. The van der Waals surface area contributed by atoms with Crippen molar-refractivity contribution in [2.24, 2.45) is 5.41 Å². The van der Waals surface area contributed by atoms with E-state index in [9.17, 15) is 0 Å². The monoisotopic (exact) mass is 299 g/mol. The Morgan fingerprint density at radius 1 is 1.26 bits per heavy atom. The van der Waals surface area contributed by atoms with Crippen LogP contribution in [0.1, 0.15) is 44.4 Å². The lowest BCUT2D eigenvalue weighted by Crippen LogP contribution is -2.38. The molecule has 0 atom stereocenters. The second kappa shape index (κ2) is 9.04. The first kappa shape index (κ1) is 17.1. The number of likely N-dealkylation sites (N-methyl/N-ethyl adjacent to an activating group) is 1. The minimum atomic E-state index is 0.414. The molecule has 110 valence electrons. The van der Waals surface area contributed by atoms with E-state index in [1.165, 1.54) is 43.5 Å². The summed E-state index contributed by atoms with van der Waals surface area (Å²) in [6, 6.07) is 4.38. The maximum atomic E-state index is 4.65. The maximum Gasteiger partial charge on any atom is 0.00579 e. The second-order valence-corrected chi connectivity index (χ2v) is 7.07. The molecule has 1 aromatic heterocycles. The van der Waals surface area contributed by atoms with Crippen LogP contribution in [0.25, 0.3) is 0 Å². The largest absolute Gasteiger partial charge is 0.305 e. The minimum Gasteiger partial charge on any atom is -0.305 e. The van der Waals surface area contributed by atoms with Crippen LogP contribution in [0.5, 0.6) is 0 Å². The Morgan fingerprint density at radius 2 is 1.95 bits per heavy atom. The fourth-order valence-corrected chi connectivity index (χ4v) is 4.07. The van der Waals surface area contributed by atoms with Crippen molar-refractivity contribution in [1.29, 1.82) is 0 Å². The predicted octanol–water partition coefficient (Wildman–Crippen LogP) is 4.74. The molecule has 0 amide bonds. The SMILES string of the molecule is CCCC(CS)(CCC)CN(C)CCc1cccs1. The molecular weight excluding hydrogens is 270 g/mol. The van der Waals surface area contributed by atoms with E-state index in [1.807, 2.05) is 11.3 Å². The van der Waals surface area contributed by atoms with Gasteiger partial charge >= 0.3 is 0 Å². The van der Waals surface area contributed by atoms with Crippen LogP contribution in [0, 0.1) is 5.41 Å². The van der Waals surface area contributed by atoms with Gasteiger partial charge in [-0.3, -0.25) is 0 Å². The van der Waals surface area contributed by atoms with E-state index in [0.717, 1.165) is 12.3 Å². The zero-order valence-electron chi connectivity index (χ0n) is 12.7. The van der Waals surface area contributed by atoms with Gasteiger partial charge in [0.05, 0.1) is 0 Å². The molecule has 1 nitrogen and oxygen atoms in total. The van der Waals surface area contributed by atoms with Crippen molar-refractivity contribution in [3.8, 4) is 0 Å². The van der Waals surface area contributed by atoms with E-state index in [2.05, 4.69) is 55.9 Å². The van der Waals surface area contributed by atoms with Crippen molar-refractivity contribution in [3.63, 3.8) is 0 Å². The highest BCUT2D eigenvalue weighted by molar-refractivity contribution is 7.80. The summed E-state index contributed by atoms with van der Waals surface area (Å²) in [7, 11) is 2.26. The van der Waals surface area contributed by atoms with Gasteiger partial charge in [-0.15, -0.1) is 11.3 Å². The van der Waals surface area contributed by atoms with Gasteiger partial charge in [-0.05, 0) is 48.9 Å². The van der Waals surface area contributed by atoms with Crippen LogP contribution < -0.4 is 0 Å². The second-order valence-electron chi connectivity index (χ2n) is 5.73. The van der Waals surface area contributed by atoms with Crippen molar-refractivity contribution < 1.29 is 0 Å². The number of hydrogen-bond acceptors (Lipinski definition) is 3. The molecule has 19 heavy (non-hydrogen) atoms. The first-order valence-corrected chi connectivity index (χ1v) is 8.99. The van der Waals surface area contributed by atoms with Gasteiger partial charge in [0.25, 0.3) is 0 Å². The normalized spacial score (nSPS) is 12.3. The van der Waals surface area contributed by atoms with Crippen LogP contribution in [0.2, 0.25) is 0 Å². The summed E-state index contributed by atoms with van der Waals surface area (Å²) < 4.78 is 0. The summed E-state index contributed by atoms with van der Waals surface area (Å²) in [4.78, 5) is 4.00. The molecule has 1 aromatic rings. The van der Waals surface area contributed by atoms with Crippen LogP contribution >= 0.6 is 24.0 Å². The summed E-state index contributed by atoms with van der Waals surface area (Å²) in [5.74, 6) is 1.01. The van der Waals surface area contributed by atoms with Crippen LogP contribution in [-0.2, 0) is 6.42 Å². The van der Waals surface area contributed by atoms with E-state index in [4.69, 9.17) is 0 Å². The van der Waals surface area contributed by atoms with Crippen molar-refractivity contribution in [2.75, 3.05) is 25.9 Å². The van der Waals surface area contributed by atoms with Crippen molar-refractivity contribution in [3.05, 3.63) is 22.4 Å². The Bertz CT molecular complexity index is 315. The predicted molar refractivity (Wildman–Crippen MR) is 91.6 cm³/mol. The molecule has 0 saturated heterocycles. The van der Waals surface area contributed by atoms with Gasteiger partial charge in [0, 0.05) is 18.0 Å². The fourth-order valence-electron chi connectivity index (χ4n) is 2.96. The third kappa shape index (κ3) is 5.88. The van der Waals surface area contributed by atoms with Gasteiger partial charge < -0.3 is 4.90 Å². The molecule has 0 aliphatic heterocycles. The van der Waals surface area contributed by atoms with Crippen LogP contribution in [0.3, 0.4) is 0 Å². The average molecular weight is 300 g/mol. The van der Waals surface area contributed by atoms with E-state index >= 15 is 0 Å². The lowest BCUT2D eigenvalue weighted by atomic mass is 9.80. The molecular formula is C16H29NS2. The average Bonchev–Trinajstić information content (AvgIpc) is 2.90. The smallest absolute Gasteiger partial charge is 0.00579 e. The molecule has 0 aliphatic rings. The zero-order valence-corrected chi connectivity index (χ0v) is 14.4. The number of rotatable bonds is 10. The third-order valence-electron chi connectivity index (χ3n) is 3.82. The number of nitrogens with zero attached hydrogens (tertiary/aromatic N) is 1. The quantitative estimate of drug-likeness (QED) is 0.611. The number of hydrogen-bond donors (Lipinski definition) is 1. The van der Waals surface area contributed by atoms with E-state index in [1.54, 1.807) is 0 Å². The number of thiol groups is 1. The van der Waals surface area contributed by atoms with Gasteiger partial charge in [0.2, 0.25) is 0 Å². The third-order valence-corrected chi connectivity index (χ3v) is 5.43. The lowest BCUT2D eigenvalue weighted by molar-refractivity contribution is 0.171. The molecule has 0 unspecified atom stereocenters. The zero-order chi connectivity index (χ0) is 14.1. The van der Waals surface area contributed by atoms with E-state index < -0.39 is 0 Å². The van der Waals surface area contributed by atoms with Crippen LogP contribution in [0.4, 0.5) is 0 Å². The Labute approximate surface area is 128 Å². The Balaban J connectivity index is 2.47. The molecule has 1 heterocycles. The highest BCUT2D eigenvalue weighted by Gasteiger charge is 2.28. The maximum absolute atomic E-state index is 4.65. The molecule has 3 heteroatoms.